The molecular weight excluding hydrogens is 559 g/mol. The van der Waals surface area contributed by atoms with Gasteiger partial charge in [0.15, 0.2) is 11.5 Å². The highest BCUT2D eigenvalue weighted by Gasteiger charge is 2.49. The number of amides is 1. The molecule has 0 aliphatic carbocycles. The van der Waals surface area contributed by atoms with Crippen LogP contribution >= 0.6 is 0 Å². The highest BCUT2D eigenvalue weighted by atomic mass is 19.1. The lowest BCUT2D eigenvalue weighted by molar-refractivity contribution is -0.143. The van der Waals surface area contributed by atoms with Crippen LogP contribution in [0.1, 0.15) is 90.7 Å². The molecule has 8 heteroatoms. The monoisotopic (exact) mass is 608 g/mol. The van der Waals surface area contributed by atoms with Crippen LogP contribution in [0.2, 0.25) is 0 Å². The van der Waals surface area contributed by atoms with E-state index in [1.165, 1.54) is 6.07 Å². The van der Waals surface area contributed by atoms with E-state index in [1.807, 2.05) is 36.9 Å². The lowest BCUT2D eigenvalue weighted by atomic mass is 9.77. The number of likely N-dealkylation sites (tertiary alicyclic amines) is 1. The summed E-state index contributed by atoms with van der Waals surface area (Å²) in [5.41, 5.74) is 2.91. The predicted molar refractivity (Wildman–Crippen MR) is 172 cm³/mol. The third-order valence-electron chi connectivity index (χ3n) is 8.91. The van der Waals surface area contributed by atoms with Crippen molar-refractivity contribution < 1.29 is 28.6 Å². The summed E-state index contributed by atoms with van der Waals surface area (Å²) in [5.74, 6) is -1.08. The molecule has 1 fully saturated rings. The van der Waals surface area contributed by atoms with E-state index in [4.69, 9.17) is 9.47 Å². The Kier molecular flexibility index (Phi) is 10.8. The van der Waals surface area contributed by atoms with Gasteiger partial charge in [-0.15, -0.1) is 0 Å². The quantitative estimate of drug-likeness (QED) is 0.235. The van der Waals surface area contributed by atoms with Gasteiger partial charge in [-0.3, -0.25) is 14.5 Å². The summed E-state index contributed by atoms with van der Waals surface area (Å²) in [6, 6.07) is 10.1. The van der Waals surface area contributed by atoms with E-state index < -0.39 is 11.9 Å². The molecule has 1 unspecified atom stereocenters. The first-order chi connectivity index (χ1) is 20.8. The highest BCUT2D eigenvalue weighted by molar-refractivity contribution is 5.95. The second-order valence-electron chi connectivity index (χ2n) is 13.4. The summed E-state index contributed by atoms with van der Waals surface area (Å²) in [7, 11) is 0. The maximum absolute atomic E-state index is 14.4. The molecule has 2 aliphatic heterocycles. The Bertz CT molecular complexity index is 1360. The van der Waals surface area contributed by atoms with E-state index in [-0.39, 0.29) is 48.5 Å². The molecule has 0 saturated carbocycles. The van der Waals surface area contributed by atoms with Crippen molar-refractivity contribution in [2.45, 2.75) is 98.6 Å². The number of carboxylic acid groups (broad SMARTS) is 1. The van der Waals surface area contributed by atoms with Gasteiger partial charge in [0.05, 0.1) is 12.5 Å². The van der Waals surface area contributed by atoms with Crippen LogP contribution in [0.4, 0.5) is 10.1 Å². The number of aliphatic carboxylic acids is 1. The van der Waals surface area contributed by atoms with Gasteiger partial charge < -0.3 is 19.5 Å². The Hall–Kier alpha value is -3.39. The van der Waals surface area contributed by atoms with E-state index in [0.29, 0.717) is 35.7 Å². The topological polar surface area (TPSA) is 79.3 Å². The van der Waals surface area contributed by atoms with Gasteiger partial charge >= 0.3 is 5.97 Å². The van der Waals surface area contributed by atoms with Crippen LogP contribution in [0.5, 0.6) is 11.5 Å². The number of nitrogens with zero attached hydrogens (tertiary/aromatic N) is 2. The van der Waals surface area contributed by atoms with Gasteiger partial charge in [0.1, 0.15) is 5.82 Å². The van der Waals surface area contributed by atoms with Crippen molar-refractivity contribution in [2.75, 3.05) is 24.8 Å². The van der Waals surface area contributed by atoms with Crippen molar-refractivity contribution in [2.24, 2.45) is 11.3 Å². The van der Waals surface area contributed by atoms with Gasteiger partial charge in [-0.25, -0.2) is 4.39 Å². The van der Waals surface area contributed by atoms with Crippen LogP contribution in [0.3, 0.4) is 0 Å². The van der Waals surface area contributed by atoms with Crippen LogP contribution in [-0.2, 0) is 9.59 Å². The van der Waals surface area contributed by atoms with Crippen LogP contribution in [0.15, 0.2) is 48.0 Å². The maximum atomic E-state index is 14.4. The molecule has 1 amide bonds. The van der Waals surface area contributed by atoms with Crippen LogP contribution in [-0.4, -0.2) is 53.8 Å². The molecule has 0 spiro atoms. The van der Waals surface area contributed by atoms with Gasteiger partial charge in [-0.2, -0.15) is 0 Å². The van der Waals surface area contributed by atoms with Crippen molar-refractivity contribution >= 4 is 17.6 Å². The number of carboxylic acids is 1. The van der Waals surface area contributed by atoms with Crippen molar-refractivity contribution in [1.82, 2.24) is 4.90 Å². The van der Waals surface area contributed by atoms with Crippen LogP contribution < -0.4 is 14.4 Å². The van der Waals surface area contributed by atoms with Crippen LogP contribution in [0, 0.1) is 24.1 Å². The average Bonchev–Trinajstić information content (AvgIpc) is 3.54. The molecule has 1 saturated heterocycles. The first-order valence-electron chi connectivity index (χ1n) is 16.0. The molecular formula is C36H49FN2O5. The lowest BCUT2D eigenvalue weighted by Gasteiger charge is -2.36. The van der Waals surface area contributed by atoms with Crippen molar-refractivity contribution in [3.63, 3.8) is 0 Å². The van der Waals surface area contributed by atoms with Crippen molar-refractivity contribution in [1.29, 1.82) is 0 Å². The van der Waals surface area contributed by atoms with Gasteiger partial charge in [0.2, 0.25) is 12.7 Å². The Labute approximate surface area is 262 Å². The number of ether oxygens (including phenoxy) is 2. The Morgan fingerprint density at radius 1 is 1.09 bits per heavy atom. The highest BCUT2D eigenvalue weighted by Crippen LogP contribution is 2.45. The number of allylic oxidation sites excluding steroid dienone is 2. The van der Waals surface area contributed by atoms with Gasteiger partial charge in [-0.05, 0) is 86.9 Å². The second-order valence-corrected chi connectivity index (χ2v) is 13.4. The Morgan fingerprint density at radius 2 is 1.77 bits per heavy atom. The minimum Gasteiger partial charge on any atom is -0.481 e. The number of aryl methyl sites for hydroxylation is 1. The number of rotatable bonds is 13. The number of benzene rings is 2. The summed E-state index contributed by atoms with van der Waals surface area (Å²) in [6.45, 7) is 14.9. The predicted octanol–water partition coefficient (Wildman–Crippen LogP) is 7.72. The zero-order valence-corrected chi connectivity index (χ0v) is 27.4. The summed E-state index contributed by atoms with van der Waals surface area (Å²) < 4.78 is 25.4. The number of anilines is 1. The maximum Gasteiger partial charge on any atom is 0.308 e. The zero-order valence-electron chi connectivity index (χ0n) is 27.4. The summed E-state index contributed by atoms with van der Waals surface area (Å²) in [6.07, 6.45) is 6.23. The fourth-order valence-corrected chi connectivity index (χ4v) is 7.26. The molecule has 0 radical (unpaired) electrons. The van der Waals surface area contributed by atoms with Crippen molar-refractivity contribution in [3.05, 3.63) is 65.0 Å². The van der Waals surface area contributed by atoms with Gasteiger partial charge in [0, 0.05) is 30.2 Å². The fourth-order valence-electron chi connectivity index (χ4n) is 7.26. The number of fused-ring (bicyclic) bond motifs is 1. The Balaban J connectivity index is 1.74. The minimum atomic E-state index is -0.874. The summed E-state index contributed by atoms with van der Waals surface area (Å²) in [5, 5.41) is 10.7. The first-order valence-corrected chi connectivity index (χ1v) is 16.0. The number of hydrogen-bond acceptors (Lipinski definition) is 5. The molecule has 0 aromatic heterocycles. The largest absolute Gasteiger partial charge is 0.481 e. The number of carbonyl (C=O) groups is 2. The third kappa shape index (κ3) is 7.63. The molecule has 2 aromatic carbocycles. The van der Waals surface area contributed by atoms with Gasteiger partial charge in [-0.1, -0.05) is 58.3 Å². The molecule has 2 aromatic rings. The summed E-state index contributed by atoms with van der Waals surface area (Å²) >= 11 is 0. The molecule has 2 aliphatic rings. The standard InChI is InChI=1S/C36H49FN2O5/c1-8-10-26(11-9-2)39(27-13-14-29(37)24(5)16-27)33(40)21-38-20-28(25-12-15-31-32(17-25)44-22-43-31)34(35(41)42)30(38)19-36(6,7)18-23(3)4/h12-18,26,28,30,34H,8-11,19-22H2,1-7H3,(H,41,42)/t28-,30+,34?/m1/s1. The molecule has 240 valence electrons. The molecule has 0 bridgehead atoms. The van der Waals surface area contributed by atoms with E-state index in [9.17, 15) is 19.1 Å². The van der Waals surface area contributed by atoms with Gasteiger partial charge in [0.25, 0.3) is 0 Å². The zero-order chi connectivity index (χ0) is 32.2. The first kappa shape index (κ1) is 33.5. The normalized spacial score (nSPS) is 19.8. The lowest BCUT2D eigenvalue weighted by Crippen LogP contribution is -2.48. The molecule has 4 rings (SSSR count). The number of halogens is 1. The summed E-state index contributed by atoms with van der Waals surface area (Å²) in [4.78, 5) is 31.4. The van der Waals surface area contributed by atoms with E-state index in [1.54, 1.807) is 19.1 Å². The van der Waals surface area contributed by atoms with Crippen molar-refractivity contribution in [3.8, 4) is 11.5 Å². The fraction of sp³-hybridized carbons (Fsp3) is 0.556. The Morgan fingerprint density at radius 3 is 2.39 bits per heavy atom. The average molecular weight is 609 g/mol. The van der Waals surface area contributed by atoms with Crippen LogP contribution in [0.25, 0.3) is 0 Å². The molecule has 2 heterocycles. The number of carbonyl (C=O) groups excluding carboxylic acids is 1. The minimum absolute atomic E-state index is 0.0366. The smallest absolute Gasteiger partial charge is 0.308 e. The molecule has 3 atom stereocenters. The molecule has 1 N–H and O–H groups in total. The number of hydrogen-bond donors (Lipinski definition) is 1. The van der Waals surface area contributed by atoms with E-state index >= 15 is 0 Å². The second kappa shape index (κ2) is 14.1. The third-order valence-corrected chi connectivity index (χ3v) is 8.91. The molecule has 7 nitrogen and oxygen atoms in total. The molecule has 44 heavy (non-hydrogen) atoms. The van der Waals surface area contributed by atoms with E-state index in [0.717, 1.165) is 36.8 Å². The SMILES string of the molecule is CCCC(CCC)N(C(=O)CN1C[C@H](c2ccc3c(c2)OCO3)C(C(=O)O)[C@@H]1CC(C)(C)C=C(C)C)c1ccc(F)c(C)c1. The van der Waals surface area contributed by atoms with E-state index in [2.05, 4.69) is 38.7 Å².